The molecular formula is C11H18N4OS. The molecule has 0 spiro atoms. The number of nitrogens with one attached hydrogen (secondary N) is 2. The number of ether oxygens (including phenoxy) is 1. The van der Waals surface area contributed by atoms with E-state index < -0.39 is 0 Å². The first-order chi connectivity index (χ1) is 8.31. The van der Waals surface area contributed by atoms with E-state index in [1.807, 2.05) is 19.4 Å². The van der Waals surface area contributed by atoms with Gasteiger partial charge >= 0.3 is 0 Å². The Kier molecular flexibility index (Phi) is 4.44. The lowest BCUT2D eigenvalue weighted by molar-refractivity contribution is 0.120. The van der Waals surface area contributed by atoms with Crippen molar-refractivity contribution in [3.05, 3.63) is 6.07 Å². The number of thioether (sulfide) groups is 1. The molecule has 2 rings (SSSR count). The van der Waals surface area contributed by atoms with Gasteiger partial charge in [0.25, 0.3) is 0 Å². The second kappa shape index (κ2) is 6.07. The van der Waals surface area contributed by atoms with Crippen molar-refractivity contribution >= 4 is 23.4 Å². The first-order valence-electron chi connectivity index (χ1n) is 5.78. The molecule has 1 saturated heterocycles. The van der Waals surface area contributed by atoms with Crippen LogP contribution in [0.25, 0.3) is 0 Å². The summed E-state index contributed by atoms with van der Waals surface area (Å²) in [4.78, 5) is 8.73. The van der Waals surface area contributed by atoms with Gasteiger partial charge in [-0.25, -0.2) is 9.97 Å². The second-order valence-electron chi connectivity index (χ2n) is 3.89. The highest BCUT2D eigenvalue weighted by molar-refractivity contribution is 7.98. The lowest BCUT2D eigenvalue weighted by Crippen LogP contribution is -2.19. The van der Waals surface area contributed by atoms with Crippen LogP contribution in [-0.2, 0) is 4.74 Å². The molecule has 0 radical (unpaired) electrons. The summed E-state index contributed by atoms with van der Waals surface area (Å²) in [6, 6.07) is 1.91. The molecule has 1 aliphatic heterocycles. The molecular weight excluding hydrogens is 236 g/mol. The highest BCUT2D eigenvalue weighted by Crippen LogP contribution is 2.18. The third-order valence-electron chi connectivity index (χ3n) is 2.68. The van der Waals surface area contributed by atoms with E-state index in [9.17, 15) is 0 Å². The van der Waals surface area contributed by atoms with Gasteiger partial charge in [-0.15, -0.1) is 0 Å². The van der Waals surface area contributed by atoms with Gasteiger partial charge in [-0.3, -0.25) is 0 Å². The minimum absolute atomic E-state index is 0.320. The van der Waals surface area contributed by atoms with Gasteiger partial charge in [-0.05, 0) is 19.1 Å². The SMILES string of the molecule is CNc1cc(NCC2CCCO2)nc(SC)n1. The molecule has 1 unspecified atom stereocenters. The Hall–Kier alpha value is -1.01. The molecule has 5 nitrogen and oxygen atoms in total. The van der Waals surface area contributed by atoms with Crippen LogP contribution in [0.15, 0.2) is 11.2 Å². The molecule has 0 aromatic carbocycles. The minimum Gasteiger partial charge on any atom is -0.376 e. The van der Waals surface area contributed by atoms with Crippen LogP contribution in [0.4, 0.5) is 11.6 Å². The average molecular weight is 254 g/mol. The lowest BCUT2D eigenvalue weighted by atomic mass is 10.2. The molecule has 1 aromatic heterocycles. The quantitative estimate of drug-likeness (QED) is 0.617. The van der Waals surface area contributed by atoms with Gasteiger partial charge in [0.05, 0.1) is 6.10 Å². The van der Waals surface area contributed by atoms with Crippen molar-refractivity contribution in [2.75, 3.05) is 37.1 Å². The zero-order valence-electron chi connectivity index (χ0n) is 10.2. The molecule has 2 heterocycles. The topological polar surface area (TPSA) is 59.1 Å². The summed E-state index contributed by atoms with van der Waals surface area (Å²) in [6.07, 6.45) is 4.58. The molecule has 94 valence electrons. The number of anilines is 2. The van der Waals surface area contributed by atoms with Gasteiger partial charge in [-0.1, -0.05) is 11.8 Å². The lowest BCUT2D eigenvalue weighted by Gasteiger charge is -2.12. The zero-order valence-corrected chi connectivity index (χ0v) is 11.0. The van der Waals surface area contributed by atoms with E-state index in [1.165, 1.54) is 11.8 Å². The van der Waals surface area contributed by atoms with Crippen LogP contribution in [-0.4, -0.2) is 42.5 Å². The van der Waals surface area contributed by atoms with Gasteiger partial charge in [0.2, 0.25) is 0 Å². The summed E-state index contributed by atoms with van der Waals surface area (Å²) in [5.74, 6) is 1.68. The number of hydrogen-bond donors (Lipinski definition) is 2. The zero-order chi connectivity index (χ0) is 12.1. The maximum absolute atomic E-state index is 5.56. The fourth-order valence-electron chi connectivity index (χ4n) is 1.76. The summed E-state index contributed by atoms with van der Waals surface area (Å²) in [7, 11) is 1.86. The summed E-state index contributed by atoms with van der Waals surface area (Å²) in [5.41, 5.74) is 0. The maximum atomic E-state index is 5.56. The number of nitrogens with zero attached hydrogens (tertiary/aromatic N) is 2. The fraction of sp³-hybridized carbons (Fsp3) is 0.636. The third-order valence-corrected chi connectivity index (χ3v) is 3.23. The van der Waals surface area contributed by atoms with Crippen LogP contribution in [0.1, 0.15) is 12.8 Å². The van der Waals surface area contributed by atoms with Crippen molar-refractivity contribution in [3.63, 3.8) is 0 Å². The van der Waals surface area contributed by atoms with Crippen LogP contribution in [0.2, 0.25) is 0 Å². The summed E-state index contributed by atoms with van der Waals surface area (Å²) in [5, 5.41) is 7.11. The molecule has 0 aliphatic carbocycles. The molecule has 1 atom stereocenters. The van der Waals surface area contributed by atoms with E-state index in [-0.39, 0.29) is 0 Å². The van der Waals surface area contributed by atoms with Crippen molar-refractivity contribution in [3.8, 4) is 0 Å². The largest absolute Gasteiger partial charge is 0.376 e. The Labute approximate surface area is 106 Å². The predicted molar refractivity (Wildman–Crippen MR) is 70.8 cm³/mol. The number of rotatable bonds is 5. The van der Waals surface area contributed by atoms with Crippen molar-refractivity contribution < 1.29 is 4.74 Å². The van der Waals surface area contributed by atoms with Gasteiger partial charge in [0.15, 0.2) is 5.16 Å². The molecule has 17 heavy (non-hydrogen) atoms. The number of hydrogen-bond acceptors (Lipinski definition) is 6. The van der Waals surface area contributed by atoms with E-state index >= 15 is 0 Å². The van der Waals surface area contributed by atoms with E-state index in [1.54, 1.807) is 0 Å². The first-order valence-corrected chi connectivity index (χ1v) is 7.00. The van der Waals surface area contributed by atoms with E-state index in [2.05, 4.69) is 20.6 Å². The van der Waals surface area contributed by atoms with Crippen molar-refractivity contribution in [2.45, 2.75) is 24.1 Å². The van der Waals surface area contributed by atoms with Crippen molar-refractivity contribution in [2.24, 2.45) is 0 Å². The Morgan fingerprint density at radius 3 is 2.94 bits per heavy atom. The Bertz CT molecular complexity index is 346. The molecule has 2 N–H and O–H groups in total. The second-order valence-corrected chi connectivity index (χ2v) is 4.66. The van der Waals surface area contributed by atoms with Gasteiger partial charge in [0, 0.05) is 26.3 Å². The smallest absolute Gasteiger partial charge is 0.191 e. The molecule has 1 fully saturated rings. The molecule has 0 amide bonds. The Balaban J connectivity index is 1.98. The Morgan fingerprint density at radius 2 is 2.29 bits per heavy atom. The van der Waals surface area contributed by atoms with Gasteiger partial charge < -0.3 is 15.4 Å². The molecule has 0 saturated carbocycles. The first kappa shape index (κ1) is 12.4. The van der Waals surface area contributed by atoms with Crippen LogP contribution in [0.5, 0.6) is 0 Å². The fourth-order valence-corrected chi connectivity index (χ4v) is 2.14. The standard InChI is InChI=1S/C11H18N4OS/c1-12-9-6-10(15-11(14-9)17-2)13-7-8-4-3-5-16-8/h6,8H,3-5,7H2,1-2H3,(H2,12,13,14,15). The average Bonchev–Trinajstić information content (AvgIpc) is 2.89. The predicted octanol–water partition coefficient (Wildman–Crippen LogP) is 1.83. The van der Waals surface area contributed by atoms with Crippen LogP contribution in [0, 0.1) is 0 Å². The minimum atomic E-state index is 0.320. The summed E-state index contributed by atoms with van der Waals surface area (Å²) in [6.45, 7) is 1.70. The monoisotopic (exact) mass is 254 g/mol. The van der Waals surface area contributed by atoms with Crippen LogP contribution < -0.4 is 10.6 Å². The van der Waals surface area contributed by atoms with E-state index in [4.69, 9.17) is 4.74 Å². The van der Waals surface area contributed by atoms with Crippen LogP contribution >= 0.6 is 11.8 Å². The normalized spacial score (nSPS) is 19.3. The third kappa shape index (κ3) is 3.47. The molecule has 0 bridgehead atoms. The summed E-state index contributed by atoms with van der Waals surface area (Å²) < 4.78 is 5.56. The van der Waals surface area contributed by atoms with Crippen LogP contribution in [0.3, 0.4) is 0 Å². The number of aromatic nitrogens is 2. The summed E-state index contributed by atoms with van der Waals surface area (Å²) >= 11 is 1.54. The van der Waals surface area contributed by atoms with E-state index in [0.29, 0.717) is 6.10 Å². The van der Waals surface area contributed by atoms with Crippen molar-refractivity contribution in [1.82, 2.24) is 9.97 Å². The molecule has 6 heteroatoms. The highest BCUT2D eigenvalue weighted by atomic mass is 32.2. The molecule has 1 aromatic rings. The molecule has 1 aliphatic rings. The highest BCUT2D eigenvalue weighted by Gasteiger charge is 2.15. The van der Waals surface area contributed by atoms with Crippen molar-refractivity contribution in [1.29, 1.82) is 0 Å². The van der Waals surface area contributed by atoms with E-state index in [0.717, 1.165) is 42.8 Å². The van der Waals surface area contributed by atoms with Gasteiger partial charge in [-0.2, -0.15) is 0 Å². The maximum Gasteiger partial charge on any atom is 0.191 e. The Morgan fingerprint density at radius 1 is 1.47 bits per heavy atom. The van der Waals surface area contributed by atoms with Gasteiger partial charge in [0.1, 0.15) is 11.6 Å².